The summed E-state index contributed by atoms with van der Waals surface area (Å²) < 4.78 is 0. The van der Waals surface area contributed by atoms with Crippen LogP contribution in [0.3, 0.4) is 0 Å². The third-order valence-corrected chi connectivity index (χ3v) is 6.62. The first-order chi connectivity index (χ1) is 19.5. The Hall–Kier alpha value is -4.25. The number of aryl methyl sites for hydroxylation is 1. The fourth-order valence-electron chi connectivity index (χ4n) is 4.37. The molecular formula is C29H31ClN8O2. The second kappa shape index (κ2) is 12.7. The van der Waals surface area contributed by atoms with E-state index in [-0.39, 0.29) is 19.3 Å². The van der Waals surface area contributed by atoms with Crippen molar-refractivity contribution in [1.82, 2.24) is 15.0 Å². The van der Waals surface area contributed by atoms with Crippen LogP contribution in [-0.4, -0.2) is 57.2 Å². The maximum atomic E-state index is 9.13. The lowest BCUT2D eigenvalue weighted by Gasteiger charge is -2.24. The van der Waals surface area contributed by atoms with E-state index in [2.05, 4.69) is 67.1 Å². The molecule has 5 N–H and O–H groups in total. The average Bonchev–Trinajstić information content (AvgIpc) is 3.41. The molecule has 1 aliphatic heterocycles. The number of hydrazone groups is 1. The molecule has 0 amide bonds. The largest absolute Gasteiger partial charge is 0.395 e. The van der Waals surface area contributed by atoms with E-state index in [1.807, 2.05) is 48.5 Å². The zero-order valence-corrected chi connectivity index (χ0v) is 22.8. The Labute approximate surface area is 237 Å². The van der Waals surface area contributed by atoms with Gasteiger partial charge in [0.2, 0.25) is 17.8 Å². The molecule has 5 rings (SSSR count). The molecule has 0 spiro atoms. The normalized spacial score (nSPS) is 14.7. The van der Waals surface area contributed by atoms with E-state index in [1.54, 1.807) is 0 Å². The quantitative estimate of drug-likeness (QED) is 0.177. The molecule has 2 heterocycles. The van der Waals surface area contributed by atoms with E-state index in [4.69, 9.17) is 26.9 Å². The van der Waals surface area contributed by atoms with Gasteiger partial charge in [-0.15, -0.1) is 0 Å². The number of anilines is 5. The van der Waals surface area contributed by atoms with Gasteiger partial charge in [0.25, 0.3) is 0 Å². The van der Waals surface area contributed by atoms with Crippen molar-refractivity contribution in [3.8, 4) is 0 Å². The number of nitrogens with zero attached hydrogens (tertiary/aromatic N) is 5. The van der Waals surface area contributed by atoms with Crippen LogP contribution in [0, 0.1) is 6.92 Å². The number of hydrogen-bond donors (Lipinski definition) is 5. The van der Waals surface area contributed by atoms with Gasteiger partial charge in [-0.2, -0.15) is 20.1 Å². The van der Waals surface area contributed by atoms with Crippen molar-refractivity contribution < 1.29 is 10.2 Å². The summed E-state index contributed by atoms with van der Waals surface area (Å²) in [6, 6.07) is 24.4. The molecule has 0 bridgehead atoms. The lowest BCUT2D eigenvalue weighted by molar-refractivity contribution is 0.310. The van der Waals surface area contributed by atoms with E-state index >= 15 is 0 Å². The molecule has 1 aliphatic rings. The van der Waals surface area contributed by atoms with Crippen LogP contribution in [0.5, 0.6) is 0 Å². The Bertz CT molecular complexity index is 1420. The Kier molecular flexibility index (Phi) is 8.70. The molecule has 3 aromatic carbocycles. The summed E-state index contributed by atoms with van der Waals surface area (Å²) in [7, 11) is 0. The predicted octanol–water partition coefficient (Wildman–Crippen LogP) is 4.74. The number of aliphatic hydroxyl groups excluding tert-OH is 2. The second-order valence-corrected chi connectivity index (χ2v) is 9.74. The smallest absolute Gasteiger partial charge is 0.233 e. The molecule has 1 atom stereocenters. The first-order valence-corrected chi connectivity index (χ1v) is 13.4. The van der Waals surface area contributed by atoms with Crippen molar-refractivity contribution in [3.63, 3.8) is 0 Å². The summed E-state index contributed by atoms with van der Waals surface area (Å²) in [4.78, 5) is 13.0. The molecule has 0 saturated heterocycles. The fraction of sp³-hybridized carbons (Fsp3) is 0.241. The van der Waals surface area contributed by atoms with Gasteiger partial charge in [0.1, 0.15) is 0 Å². The van der Waals surface area contributed by atoms with Crippen molar-refractivity contribution in [2.75, 3.05) is 47.3 Å². The Morgan fingerprint density at radius 1 is 0.800 bits per heavy atom. The number of nitrogens with one attached hydrogen (secondary N) is 3. The third kappa shape index (κ3) is 6.66. The van der Waals surface area contributed by atoms with Gasteiger partial charge in [0.15, 0.2) is 0 Å². The second-order valence-electron chi connectivity index (χ2n) is 9.31. The molecule has 0 radical (unpaired) electrons. The first-order valence-electron chi connectivity index (χ1n) is 13.0. The van der Waals surface area contributed by atoms with E-state index in [0.29, 0.717) is 36.0 Å². The van der Waals surface area contributed by atoms with Crippen molar-refractivity contribution in [2.24, 2.45) is 5.10 Å². The van der Waals surface area contributed by atoms with E-state index in [9.17, 15) is 0 Å². The van der Waals surface area contributed by atoms with Crippen LogP contribution in [0.4, 0.5) is 29.2 Å². The molecule has 0 aliphatic carbocycles. The summed E-state index contributed by atoms with van der Waals surface area (Å²) in [6.45, 7) is 2.58. The zero-order valence-electron chi connectivity index (χ0n) is 22.0. The summed E-state index contributed by atoms with van der Waals surface area (Å²) >= 11 is 6.15. The topological polar surface area (TPSA) is 131 Å². The maximum absolute atomic E-state index is 9.13. The van der Waals surface area contributed by atoms with E-state index < -0.39 is 0 Å². The van der Waals surface area contributed by atoms with Gasteiger partial charge < -0.3 is 26.2 Å². The van der Waals surface area contributed by atoms with Crippen LogP contribution < -0.4 is 21.0 Å². The minimum absolute atomic E-state index is 0.0561. The van der Waals surface area contributed by atoms with Gasteiger partial charge in [-0.05, 0) is 54.4 Å². The SMILES string of the molecule is Cc1ccc(C2CC(c3ccc(Nc4nc(NCCO)nc(NCCO)n4)cc3)=NN2c2ccc(Cl)cc2)cc1. The number of halogens is 1. The molecule has 1 aromatic heterocycles. The van der Waals surface area contributed by atoms with E-state index in [1.165, 1.54) is 11.1 Å². The summed E-state index contributed by atoms with van der Waals surface area (Å²) in [5, 5.41) is 35.1. The highest BCUT2D eigenvalue weighted by atomic mass is 35.5. The standard InChI is InChI=1S/C29H31ClN8O2/c1-19-2-4-21(5-3-19)26-18-25(37-38(26)24-12-8-22(30)9-13-24)20-6-10-23(11-7-20)33-29-35-27(31-14-16-39)34-28(36-29)32-15-17-40/h2-13,26,39-40H,14-18H2,1H3,(H3,31,32,33,34,35,36). The minimum Gasteiger partial charge on any atom is -0.395 e. The zero-order chi connectivity index (χ0) is 27.9. The lowest BCUT2D eigenvalue weighted by Crippen LogP contribution is -2.18. The first kappa shape index (κ1) is 27.3. The Morgan fingerprint density at radius 2 is 1.40 bits per heavy atom. The Balaban J connectivity index is 1.37. The fourth-order valence-corrected chi connectivity index (χ4v) is 4.49. The summed E-state index contributed by atoms with van der Waals surface area (Å²) in [5.74, 6) is 0.955. The number of aromatic nitrogens is 3. The molecule has 11 heteroatoms. The summed E-state index contributed by atoms with van der Waals surface area (Å²) in [5.41, 5.74) is 6.19. The molecule has 40 heavy (non-hydrogen) atoms. The highest BCUT2D eigenvalue weighted by Gasteiger charge is 2.30. The van der Waals surface area contributed by atoms with Crippen LogP contribution in [-0.2, 0) is 0 Å². The molecule has 10 nitrogen and oxygen atoms in total. The van der Waals surface area contributed by atoms with Gasteiger partial charge in [-0.1, -0.05) is 53.6 Å². The monoisotopic (exact) mass is 558 g/mol. The van der Waals surface area contributed by atoms with Crippen LogP contribution in [0.1, 0.15) is 29.2 Å². The van der Waals surface area contributed by atoms with Gasteiger partial charge in [0, 0.05) is 30.2 Å². The van der Waals surface area contributed by atoms with Gasteiger partial charge in [-0.25, -0.2) is 0 Å². The van der Waals surface area contributed by atoms with Gasteiger partial charge in [0.05, 0.1) is 30.7 Å². The number of rotatable bonds is 11. The summed E-state index contributed by atoms with van der Waals surface area (Å²) in [6.07, 6.45) is 0.756. The third-order valence-electron chi connectivity index (χ3n) is 6.36. The van der Waals surface area contributed by atoms with Crippen LogP contribution >= 0.6 is 11.6 Å². The molecule has 0 saturated carbocycles. The predicted molar refractivity (Wildman–Crippen MR) is 160 cm³/mol. The highest BCUT2D eigenvalue weighted by molar-refractivity contribution is 6.30. The van der Waals surface area contributed by atoms with Crippen molar-refractivity contribution in [1.29, 1.82) is 0 Å². The number of benzene rings is 3. The molecular weight excluding hydrogens is 528 g/mol. The molecule has 4 aromatic rings. The average molecular weight is 559 g/mol. The van der Waals surface area contributed by atoms with Gasteiger partial charge >= 0.3 is 0 Å². The van der Waals surface area contributed by atoms with Crippen LogP contribution in [0.2, 0.25) is 5.02 Å². The molecule has 1 unspecified atom stereocenters. The Morgan fingerprint density at radius 3 is 2.00 bits per heavy atom. The molecule has 206 valence electrons. The van der Waals surface area contributed by atoms with Crippen molar-refractivity contribution >= 4 is 46.5 Å². The number of aliphatic hydroxyl groups is 2. The highest BCUT2D eigenvalue weighted by Crippen LogP contribution is 2.37. The molecule has 0 fully saturated rings. The lowest BCUT2D eigenvalue weighted by atomic mass is 9.97. The van der Waals surface area contributed by atoms with Crippen LogP contribution in [0.15, 0.2) is 77.9 Å². The van der Waals surface area contributed by atoms with Gasteiger partial charge in [-0.3, -0.25) is 5.01 Å². The van der Waals surface area contributed by atoms with Crippen molar-refractivity contribution in [2.45, 2.75) is 19.4 Å². The van der Waals surface area contributed by atoms with E-state index in [0.717, 1.165) is 29.1 Å². The van der Waals surface area contributed by atoms with Crippen molar-refractivity contribution in [3.05, 3.63) is 94.5 Å². The number of hydrogen-bond acceptors (Lipinski definition) is 10. The van der Waals surface area contributed by atoms with Crippen LogP contribution in [0.25, 0.3) is 0 Å². The minimum atomic E-state index is -0.0561. The maximum Gasteiger partial charge on any atom is 0.233 e.